The van der Waals surface area contributed by atoms with Crippen molar-refractivity contribution in [1.82, 2.24) is 4.90 Å². The van der Waals surface area contributed by atoms with E-state index in [0.717, 1.165) is 12.1 Å². The van der Waals surface area contributed by atoms with Gasteiger partial charge in [0.2, 0.25) is 5.91 Å². The predicted molar refractivity (Wildman–Crippen MR) is 124 cm³/mol. The molecule has 0 bridgehead atoms. The van der Waals surface area contributed by atoms with Crippen LogP contribution in [0.4, 0.5) is 13.2 Å². The molecule has 0 radical (unpaired) electrons. The van der Waals surface area contributed by atoms with Crippen LogP contribution < -0.4 is 0 Å². The van der Waals surface area contributed by atoms with Crippen LogP contribution in [0, 0.1) is 6.92 Å². The molecule has 5 nitrogen and oxygen atoms in total. The first-order chi connectivity index (χ1) is 15.9. The zero-order valence-corrected chi connectivity index (χ0v) is 20.3. The Morgan fingerprint density at radius 2 is 1.71 bits per heavy atom. The Morgan fingerprint density at radius 1 is 1.09 bits per heavy atom. The van der Waals surface area contributed by atoms with Gasteiger partial charge in [-0.2, -0.15) is 13.2 Å². The highest BCUT2D eigenvalue weighted by Crippen LogP contribution is 2.49. The van der Waals surface area contributed by atoms with Crippen LogP contribution in [0.1, 0.15) is 53.7 Å². The van der Waals surface area contributed by atoms with Crippen molar-refractivity contribution in [3.8, 4) is 0 Å². The number of alkyl halides is 3. The number of hydrogen-bond acceptors (Lipinski definition) is 4. The minimum atomic E-state index is -4.80. The van der Waals surface area contributed by atoms with Gasteiger partial charge in [-0.3, -0.25) is 9.59 Å². The van der Waals surface area contributed by atoms with Crippen LogP contribution >= 0.6 is 23.2 Å². The highest BCUT2D eigenvalue weighted by Gasteiger charge is 2.62. The number of benzene rings is 2. The molecule has 1 unspecified atom stereocenters. The van der Waals surface area contributed by atoms with Crippen molar-refractivity contribution in [2.45, 2.75) is 45.4 Å². The normalized spacial score (nSPS) is 17.8. The van der Waals surface area contributed by atoms with E-state index in [-0.39, 0.29) is 39.4 Å². The van der Waals surface area contributed by atoms with Gasteiger partial charge < -0.3 is 9.74 Å². The van der Waals surface area contributed by atoms with Crippen molar-refractivity contribution in [3.05, 3.63) is 68.7 Å². The quantitative estimate of drug-likeness (QED) is 0.320. The van der Waals surface area contributed by atoms with Gasteiger partial charge in [-0.05, 0) is 56.2 Å². The molecule has 1 amide bonds. The lowest BCUT2D eigenvalue weighted by atomic mass is 9.86. The van der Waals surface area contributed by atoms with Crippen molar-refractivity contribution >= 4 is 40.6 Å². The van der Waals surface area contributed by atoms with E-state index in [1.54, 1.807) is 17.9 Å². The summed E-state index contributed by atoms with van der Waals surface area (Å²) in [4.78, 5) is 31.5. The van der Waals surface area contributed by atoms with E-state index < -0.39 is 18.2 Å². The number of carbonyl (C=O) groups is 2. The molecule has 0 aliphatic carbocycles. The van der Waals surface area contributed by atoms with Gasteiger partial charge in [-0.1, -0.05) is 40.5 Å². The molecule has 1 atom stereocenters. The molecule has 182 valence electrons. The van der Waals surface area contributed by atoms with Crippen LogP contribution in [0.2, 0.25) is 10.0 Å². The molecule has 1 heterocycles. The van der Waals surface area contributed by atoms with Crippen molar-refractivity contribution in [2.24, 2.45) is 5.16 Å². The first-order valence-electron chi connectivity index (χ1n) is 10.6. The zero-order chi connectivity index (χ0) is 25.3. The molecule has 34 heavy (non-hydrogen) atoms. The molecule has 1 aliphatic heterocycles. The number of hydrogen-bond donors (Lipinski definition) is 0. The maximum Gasteiger partial charge on any atom is 0.435 e. The number of ketones is 1. The molecule has 1 aliphatic rings. The van der Waals surface area contributed by atoms with Gasteiger partial charge in [0.25, 0.3) is 5.60 Å². The molecule has 2 aromatic rings. The number of rotatable bonds is 7. The fraction of sp³-hybridized carbons (Fsp3) is 0.375. The standard InChI is InChI=1S/C24H23Cl2F3N2O3/c1-4-31(5-2)22(33)12-21(32)19-7-6-15(8-14(19)3)20-13-23(34-30-20,24(27,28)29)16-9-17(25)11-18(26)10-16/h6-11H,4-5,12-13H2,1-3H3. The fourth-order valence-corrected chi connectivity index (χ4v) is 4.45. The number of oxime groups is 1. The topological polar surface area (TPSA) is 59.0 Å². The van der Waals surface area contributed by atoms with Gasteiger partial charge in [0.1, 0.15) is 0 Å². The molecule has 2 aromatic carbocycles. The second-order valence-electron chi connectivity index (χ2n) is 7.98. The summed E-state index contributed by atoms with van der Waals surface area (Å²) in [6, 6.07) is 8.20. The summed E-state index contributed by atoms with van der Waals surface area (Å²) in [5.74, 6) is -0.633. The summed E-state index contributed by atoms with van der Waals surface area (Å²) in [5.41, 5.74) is -1.71. The molecule has 0 spiro atoms. The van der Waals surface area contributed by atoms with E-state index >= 15 is 0 Å². The van der Waals surface area contributed by atoms with E-state index in [1.165, 1.54) is 18.2 Å². The summed E-state index contributed by atoms with van der Waals surface area (Å²) in [6.45, 7) is 6.31. The first-order valence-corrected chi connectivity index (χ1v) is 11.4. The van der Waals surface area contributed by atoms with Gasteiger partial charge >= 0.3 is 6.18 Å². The highest BCUT2D eigenvalue weighted by atomic mass is 35.5. The summed E-state index contributed by atoms with van der Waals surface area (Å²) in [6.07, 6.45) is -5.68. The number of amides is 1. The smallest absolute Gasteiger partial charge is 0.374 e. The third kappa shape index (κ3) is 5.08. The van der Waals surface area contributed by atoms with Gasteiger partial charge in [-0.25, -0.2) is 0 Å². The number of carbonyl (C=O) groups excluding carboxylic acids is 2. The maximum atomic E-state index is 14.2. The number of halogens is 5. The number of Topliss-reactive ketones (excluding diaryl/α,β-unsaturated/α-hetero) is 1. The highest BCUT2D eigenvalue weighted by molar-refractivity contribution is 6.34. The second-order valence-corrected chi connectivity index (χ2v) is 8.86. The molecular weight excluding hydrogens is 492 g/mol. The van der Waals surface area contributed by atoms with E-state index in [1.807, 2.05) is 13.8 Å². The Labute approximate surface area is 205 Å². The van der Waals surface area contributed by atoms with E-state index in [4.69, 9.17) is 28.0 Å². The lowest BCUT2D eigenvalue weighted by Crippen LogP contribution is -2.42. The molecule has 10 heteroatoms. The van der Waals surface area contributed by atoms with E-state index in [0.29, 0.717) is 29.8 Å². The van der Waals surface area contributed by atoms with Gasteiger partial charge in [0, 0.05) is 40.7 Å². The molecular formula is C24H23Cl2F3N2O3. The van der Waals surface area contributed by atoms with Gasteiger partial charge in [-0.15, -0.1) is 0 Å². The average molecular weight is 515 g/mol. The SMILES string of the molecule is CCN(CC)C(=O)CC(=O)c1ccc(C2=NOC(c3cc(Cl)cc(Cl)c3)(C(F)(F)F)C2)cc1C. The van der Waals surface area contributed by atoms with Crippen LogP contribution in [0.15, 0.2) is 41.6 Å². The molecule has 0 saturated heterocycles. The lowest BCUT2D eigenvalue weighted by molar-refractivity contribution is -0.275. The number of aryl methyl sites for hydroxylation is 1. The minimum absolute atomic E-state index is 0.0427. The summed E-state index contributed by atoms with van der Waals surface area (Å²) < 4.78 is 42.6. The maximum absolute atomic E-state index is 14.2. The molecule has 3 rings (SSSR count). The second kappa shape index (κ2) is 9.96. The van der Waals surface area contributed by atoms with Crippen molar-refractivity contribution in [3.63, 3.8) is 0 Å². The molecule has 0 N–H and O–H groups in total. The largest absolute Gasteiger partial charge is 0.435 e. The van der Waals surface area contributed by atoms with Crippen LogP contribution in [-0.4, -0.2) is 41.6 Å². The number of nitrogens with zero attached hydrogens (tertiary/aromatic N) is 2. The first kappa shape index (κ1) is 26.0. The van der Waals surface area contributed by atoms with Gasteiger partial charge in [0.15, 0.2) is 5.78 Å². The Balaban J connectivity index is 1.87. The molecule has 0 saturated carbocycles. The van der Waals surface area contributed by atoms with E-state index in [9.17, 15) is 22.8 Å². The van der Waals surface area contributed by atoms with Crippen LogP contribution in [0.5, 0.6) is 0 Å². The molecule has 0 aromatic heterocycles. The van der Waals surface area contributed by atoms with Crippen molar-refractivity contribution < 1.29 is 27.6 Å². The Kier molecular flexibility index (Phi) is 7.62. The summed E-state index contributed by atoms with van der Waals surface area (Å²) in [5, 5.41) is 3.82. The predicted octanol–water partition coefficient (Wildman–Crippen LogP) is 6.33. The van der Waals surface area contributed by atoms with Gasteiger partial charge in [0.05, 0.1) is 12.1 Å². The summed E-state index contributed by atoms with van der Waals surface area (Å²) in [7, 11) is 0. The molecule has 0 fully saturated rings. The van der Waals surface area contributed by atoms with Crippen molar-refractivity contribution in [2.75, 3.05) is 13.1 Å². The zero-order valence-electron chi connectivity index (χ0n) is 18.8. The van der Waals surface area contributed by atoms with Crippen LogP contribution in [-0.2, 0) is 15.2 Å². The van der Waals surface area contributed by atoms with Crippen LogP contribution in [0.3, 0.4) is 0 Å². The third-order valence-electron chi connectivity index (χ3n) is 5.80. The Hall–Kier alpha value is -2.58. The Morgan fingerprint density at radius 3 is 2.24 bits per heavy atom. The lowest BCUT2D eigenvalue weighted by Gasteiger charge is -2.29. The summed E-state index contributed by atoms with van der Waals surface area (Å²) >= 11 is 11.9. The van der Waals surface area contributed by atoms with Crippen LogP contribution in [0.25, 0.3) is 0 Å². The third-order valence-corrected chi connectivity index (χ3v) is 6.24. The Bertz CT molecular complexity index is 1130. The fourth-order valence-electron chi connectivity index (χ4n) is 3.92. The minimum Gasteiger partial charge on any atom is -0.374 e. The monoisotopic (exact) mass is 514 g/mol. The average Bonchev–Trinajstić information content (AvgIpc) is 3.21. The van der Waals surface area contributed by atoms with Crippen molar-refractivity contribution in [1.29, 1.82) is 0 Å². The van der Waals surface area contributed by atoms with E-state index in [2.05, 4.69) is 5.16 Å².